The fourth-order valence-electron chi connectivity index (χ4n) is 2.57. The highest BCUT2D eigenvalue weighted by Gasteiger charge is 2.63. The minimum atomic E-state index is 0.0750. The molecule has 1 aliphatic carbocycles. The van der Waals surface area contributed by atoms with E-state index in [0.29, 0.717) is 0 Å². The molecule has 2 atom stereocenters. The molecule has 0 bridgehead atoms. The van der Waals surface area contributed by atoms with E-state index in [1.54, 1.807) is 7.11 Å². The number of amides is 1. The van der Waals surface area contributed by atoms with Crippen molar-refractivity contribution in [1.29, 1.82) is 0 Å². The Balaban J connectivity index is 1.97. The number of nitrogens with one attached hydrogen (secondary N) is 1. The van der Waals surface area contributed by atoms with Crippen LogP contribution in [0.1, 0.15) is 12.0 Å². The smallest absolute Gasteiger partial charge is 0.224 e. The number of fused-ring (bicyclic) bond motifs is 1. The molecular weight excluding hydrogens is 190 g/mol. The van der Waals surface area contributed by atoms with Crippen LogP contribution < -0.4 is 10.1 Å². The van der Waals surface area contributed by atoms with Crippen LogP contribution in [0.4, 0.5) is 0 Å². The highest BCUT2D eigenvalue weighted by molar-refractivity contribution is 5.88. The minimum Gasteiger partial charge on any atom is -0.497 e. The molecule has 1 amide bonds. The summed E-state index contributed by atoms with van der Waals surface area (Å²) in [5.74, 6) is 1.27. The van der Waals surface area contributed by atoms with Gasteiger partial charge in [-0.2, -0.15) is 0 Å². The van der Waals surface area contributed by atoms with Crippen LogP contribution in [0.25, 0.3) is 0 Å². The van der Waals surface area contributed by atoms with Gasteiger partial charge in [0, 0.05) is 12.0 Å². The molecule has 78 valence electrons. The van der Waals surface area contributed by atoms with Gasteiger partial charge in [0.1, 0.15) is 5.75 Å². The quantitative estimate of drug-likeness (QED) is 0.781. The van der Waals surface area contributed by atoms with Gasteiger partial charge in [0.15, 0.2) is 0 Å². The van der Waals surface area contributed by atoms with Crippen molar-refractivity contribution >= 4 is 5.91 Å². The summed E-state index contributed by atoms with van der Waals surface area (Å²) in [6.45, 7) is 0.781. The summed E-state index contributed by atoms with van der Waals surface area (Å²) in [6, 6.07) is 8.05. The number of methoxy groups -OCH3 is 1. The van der Waals surface area contributed by atoms with E-state index in [-0.39, 0.29) is 17.2 Å². The van der Waals surface area contributed by atoms with Crippen molar-refractivity contribution in [2.75, 3.05) is 13.7 Å². The lowest BCUT2D eigenvalue weighted by Gasteiger charge is -2.12. The Labute approximate surface area is 88.4 Å². The third-order valence-electron chi connectivity index (χ3n) is 3.61. The Morgan fingerprint density at radius 2 is 2.40 bits per heavy atom. The molecule has 1 saturated carbocycles. The maximum absolute atomic E-state index is 11.4. The average molecular weight is 203 g/mol. The van der Waals surface area contributed by atoms with Crippen LogP contribution in [-0.2, 0) is 10.2 Å². The molecule has 0 aromatic heterocycles. The maximum Gasteiger partial charge on any atom is 0.224 e. The van der Waals surface area contributed by atoms with Crippen molar-refractivity contribution in [3.63, 3.8) is 0 Å². The third-order valence-corrected chi connectivity index (χ3v) is 3.61. The van der Waals surface area contributed by atoms with E-state index in [4.69, 9.17) is 4.74 Å². The highest BCUT2D eigenvalue weighted by atomic mass is 16.5. The van der Waals surface area contributed by atoms with E-state index >= 15 is 0 Å². The number of ether oxygens (including phenoxy) is 1. The first-order chi connectivity index (χ1) is 7.26. The van der Waals surface area contributed by atoms with Crippen molar-refractivity contribution in [2.24, 2.45) is 5.92 Å². The molecule has 0 spiro atoms. The molecule has 3 rings (SSSR count). The molecule has 1 aliphatic heterocycles. The first kappa shape index (κ1) is 8.77. The summed E-state index contributed by atoms with van der Waals surface area (Å²) in [5.41, 5.74) is 1.30. The standard InChI is InChI=1S/C12H13NO2/c1-15-9-4-2-3-8(5-9)12-6-10(12)11(14)13-7-12/h2-5,10H,6-7H2,1H3,(H,13,14). The molecule has 2 fully saturated rings. The SMILES string of the molecule is COc1cccc(C23CNC(=O)C2C3)c1. The van der Waals surface area contributed by atoms with Crippen LogP contribution in [0, 0.1) is 5.92 Å². The lowest BCUT2D eigenvalue weighted by Crippen LogP contribution is -2.22. The number of rotatable bonds is 2. The molecule has 2 unspecified atom stereocenters. The van der Waals surface area contributed by atoms with Crippen LogP contribution in [0.5, 0.6) is 5.75 Å². The van der Waals surface area contributed by atoms with E-state index in [9.17, 15) is 4.79 Å². The summed E-state index contributed by atoms with van der Waals surface area (Å²) >= 11 is 0. The Morgan fingerprint density at radius 3 is 3.00 bits per heavy atom. The lowest BCUT2D eigenvalue weighted by atomic mass is 9.95. The van der Waals surface area contributed by atoms with Gasteiger partial charge in [-0.25, -0.2) is 0 Å². The molecule has 2 aliphatic rings. The summed E-state index contributed by atoms with van der Waals surface area (Å²) in [6.07, 6.45) is 0.992. The normalized spacial score (nSPS) is 32.1. The van der Waals surface area contributed by atoms with Crippen LogP contribution in [0.3, 0.4) is 0 Å². The summed E-state index contributed by atoms with van der Waals surface area (Å²) in [5, 5.41) is 2.92. The maximum atomic E-state index is 11.4. The Hall–Kier alpha value is -1.51. The second-order valence-corrected chi connectivity index (χ2v) is 4.36. The predicted octanol–water partition coefficient (Wildman–Crippen LogP) is 1.08. The van der Waals surface area contributed by atoms with Crippen LogP contribution >= 0.6 is 0 Å². The van der Waals surface area contributed by atoms with Gasteiger partial charge in [-0.3, -0.25) is 4.79 Å². The number of hydrogen-bond donors (Lipinski definition) is 1. The number of benzene rings is 1. The number of carbonyl (C=O) groups excluding carboxylic acids is 1. The van der Waals surface area contributed by atoms with Crippen molar-refractivity contribution < 1.29 is 9.53 Å². The first-order valence-corrected chi connectivity index (χ1v) is 5.18. The second-order valence-electron chi connectivity index (χ2n) is 4.36. The van der Waals surface area contributed by atoms with Gasteiger partial charge in [-0.1, -0.05) is 12.1 Å². The average Bonchev–Trinajstić information content (AvgIpc) is 2.95. The van der Waals surface area contributed by atoms with E-state index in [2.05, 4.69) is 11.4 Å². The van der Waals surface area contributed by atoms with Gasteiger partial charge in [0.05, 0.1) is 13.0 Å². The molecule has 3 heteroatoms. The Morgan fingerprint density at radius 1 is 1.53 bits per heavy atom. The molecule has 0 radical (unpaired) electrons. The van der Waals surface area contributed by atoms with Gasteiger partial charge in [-0.05, 0) is 24.1 Å². The summed E-state index contributed by atoms with van der Waals surface area (Å²) in [4.78, 5) is 11.4. The zero-order chi connectivity index (χ0) is 10.5. The van der Waals surface area contributed by atoms with Gasteiger partial charge in [0.25, 0.3) is 0 Å². The topological polar surface area (TPSA) is 38.3 Å². The second kappa shape index (κ2) is 2.75. The number of carbonyl (C=O) groups is 1. The first-order valence-electron chi connectivity index (χ1n) is 5.18. The van der Waals surface area contributed by atoms with Gasteiger partial charge >= 0.3 is 0 Å². The molecule has 1 saturated heterocycles. The van der Waals surface area contributed by atoms with Gasteiger partial charge < -0.3 is 10.1 Å². The van der Waals surface area contributed by atoms with E-state index in [1.165, 1.54) is 5.56 Å². The molecule has 1 aromatic rings. The van der Waals surface area contributed by atoms with Crippen molar-refractivity contribution in [3.8, 4) is 5.75 Å². The molecule has 1 aromatic carbocycles. The zero-order valence-electron chi connectivity index (χ0n) is 8.62. The third kappa shape index (κ3) is 1.09. The van der Waals surface area contributed by atoms with Gasteiger partial charge in [0.2, 0.25) is 5.91 Å². The Kier molecular flexibility index (Phi) is 1.61. The van der Waals surface area contributed by atoms with Crippen LogP contribution in [0.2, 0.25) is 0 Å². The molecule has 1 heterocycles. The predicted molar refractivity (Wildman–Crippen MR) is 55.8 cm³/mol. The summed E-state index contributed by atoms with van der Waals surface area (Å²) in [7, 11) is 1.67. The molecular formula is C12H13NO2. The molecule has 15 heavy (non-hydrogen) atoms. The fraction of sp³-hybridized carbons (Fsp3) is 0.417. The van der Waals surface area contributed by atoms with E-state index < -0.39 is 0 Å². The number of piperidine rings is 1. The molecule has 1 N–H and O–H groups in total. The lowest BCUT2D eigenvalue weighted by molar-refractivity contribution is -0.120. The van der Waals surface area contributed by atoms with Crippen molar-refractivity contribution in [2.45, 2.75) is 11.8 Å². The van der Waals surface area contributed by atoms with Crippen LogP contribution in [0.15, 0.2) is 24.3 Å². The summed E-state index contributed by atoms with van der Waals surface area (Å²) < 4.78 is 5.20. The van der Waals surface area contributed by atoms with Gasteiger partial charge in [-0.15, -0.1) is 0 Å². The molecule has 3 nitrogen and oxygen atoms in total. The van der Waals surface area contributed by atoms with E-state index in [0.717, 1.165) is 18.7 Å². The zero-order valence-corrected chi connectivity index (χ0v) is 8.62. The van der Waals surface area contributed by atoms with Crippen LogP contribution in [-0.4, -0.2) is 19.6 Å². The highest BCUT2D eigenvalue weighted by Crippen LogP contribution is 2.57. The fourth-order valence-corrected chi connectivity index (χ4v) is 2.57. The van der Waals surface area contributed by atoms with E-state index in [1.807, 2.05) is 18.2 Å². The number of hydrogen-bond acceptors (Lipinski definition) is 2. The van der Waals surface area contributed by atoms with Crippen molar-refractivity contribution in [3.05, 3.63) is 29.8 Å². The van der Waals surface area contributed by atoms with Crippen molar-refractivity contribution in [1.82, 2.24) is 5.32 Å². The minimum absolute atomic E-state index is 0.0750. The monoisotopic (exact) mass is 203 g/mol. The Bertz CT molecular complexity index is 429. The largest absolute Gasteiger partial charge is 0.497 e.